The average molecular weight is 437 g/mol. The highest BCUT2D eigenvalue weighted by Gasteiger charge is 2.13. The largest absolute Gasteiger partial charge is 0.340 e. The predicted octanol–water partition coefficient (Wildman–Crippen LogP) is 4.98. The summed E-state index contributed by atoms with van der Waals surface area (Å²) in [5.74, 6) is 1.33. The summed E-state index contributed by atoms with van der Waals surface area (Å²) < 4.78 is 0. The topological polar surface area (TPSA) is 56.3 Å². The van der Waals surface area contributed by atoms with Crippen LogP contribution in [-0.2, 0) is 6.54 Å². The van der Waals surface area contributed by atoms with E-state index in [0.717, 1.165) is 66.1 Å². The van der Waals surface area contributed by atoms with Gasteiger partial charge in [0.15, 0.2) is 0 Å². The number of piperazine rings is 1. The number of hydrogen-bond donors (Lipinski definition) is 2. The third kappa shape index (κ3) is 5.73. The molecule has 0 amide bonds. The van der Waals surface area contributed by atoms with Crippen molar-refractivity contribution >= 4 is 34.7 Å². The van der Waals surface area contributed by atoms with Crippen molar-refractivity contribution in [3.8, 4) is 0 Å². The molecule has 6 nitrogen and oxygen atoms in total. The van der Waals surface area contributed by atoms with Crippen molar-refractivity contribution in [1.82, 2.24) is 19.8 Å². The quantitative estimate of drug-likeness (QED) is 0.568. The second kappa shape index (κ2) is 9.64. The standard InChI is InChI=1S/C24H29ClN6/c1-17-14-21(8-9-22(17)25)27-23-18(2)15-26-24(29-23)28-20-6-4-19(5-7-20)16-31-12-10-30(3)11-13-31/h4-9,14-15H,10-13,16H2,1-3H3,(H2,26,27,28,29). The Morgan fingerprint density at radius 2 is 1.61 bits per heavy atom. The highest BCUT2D eigenvalue weighted by molar-refractivity contribution is 6.31. The molecule has 2 aromatic carbocycles. The van der Waals surface area contributed by atoms with E-state index < -0.39 is 0 Å². The van der Waals surface area contributed by atoms with Gasteiger partial charge in [-0.1, -0.05) is 23.7 Å². The van der Waals surface area contributed by atoms with Crippen molar-refractivity contribution in [3.05, 3.63) is 70.4 Å². The van der Waals surface area contributed by atoms with E-state index in [1.165, 1.54) is 5.56 Å². The second-order valence-corrected chi connectivity index (χ2v) is 8.62. The molecule has 0 radical (unpaired) electrons. The van der Waals surface area contributed by atoms with Crippen LogP contribution in [-0.4, -0.2) is 53.0 Å². The molecule has 0 atom stereocenters. The van der Waals surface area contributed by atoms with Crippen LogP contribution in [0, 0.1) is 13.8 Å². The minimum atomic E-state index is 0.561. The summed E-state index contributed by atoms with van der Waals surface area (Å²) in [5.41, 5.74) is 5.23. The fourth-order valence-corrected chi connectivity index (χ4v) is 3.69. The first kappa shape index (κ1) is 21.6. The lowest BCUT2D eigenvalue weighted by molar-refractivity contribution is 0.148. The van der Waals surface area contributed by atoms with Gasteiger partial charge < -0.3 is 15.5 Å². The van der Waals surface area contributed by atoms with E-state index in [-0.39, 0.29) is 0 Å². The van der Waals surface area contributed by atoms with E-state index in [1.54, 1.807) is 0 Å². The summed E-state index contributed by atoms with van der Waals surface area (Å²) in [5, 5.41) is 7.43. The lowest BCUT2D eigenvalue weighted by Crippen LogP contribution is -2.43. The molecule has 4 rings (SSSR count). The first-order chi connectivity index (χ1) is 15.0. The van der Waals surface area contributed by atoms with E-state index in [9.17, 15) is 0 Å². The predicted molar refractivity (Wildman–Crippen MR) is 129 cm³/mol. The maximum absolute atomic E-state index is 6.13. The van der Waals surface area contributed by atoms with Crippen LogP contribution in [0.3, 0.4) is 0 Å². The zero-order valence-electron chi connectivity index (χ0n) is 18.3. The summed E-state index contributed by atoms with van der Waals surface area (Å²) in [6.07, 6.45) is 1.82. The summed E-state index contributed by atoms with van der Waals surface area (Å²) in [4.78, 5) is 14.0. The summed E-state index contributed by atoms with van der Waals surface area (Å²) in [6.45, 7) is 9.48. The van der Waals surface area contributed by atoms with Crippen molar-refractivity contribution in [2.45, 2.75) is 20.4 Å². The van der Waals surface area contributed by atoms with Crippen LogP contribution in [0.25, 0.3) is 0 Å². The number of nitrogens with one attached hydrogen (secondary N) is 2. The van der Waals surface area contributed by atoms with E-state index in [2.05, 4.69) is 61.7 Å². The molecule has 0 unspecified atom stereocenters. The normalized spacial score (nSPS) is 15.1. The number of nitrogens with zero attached hydrogens (tertiary/aromatic N) is 4. The Labute approximate surface area is 189 Å². The third-order valence-corrected chi connectivity index (χ3v) is 6.03. The van der Waals surface area contributed by atoms with Gasteiger partial charge in [0.1, 0.15) is 5.82 Å². The molecule has 0 aliphatic carbocycles. The Morgan fingerprint density at radius 1 is 0.903 bits per heavy atom. The number of aryl methyl sites for hydroxylation is 2. The van der Waals surface area contributed by atoms with Crippen LogP contribution in [0.4, 0.5) is 23.1 Å². The lowest BCUT2D eigenvalue weighted by atomic mass is 10.2. The molecule has 1 aromatic heterocycles. The number of hydrogen-bond acceptors (Lipinski definition) is 6. The molecule has 3 aromatic rings. The Bertz CT molecular complexity index is 1030. The van der Waals surface area contributed by atoms with Gasteiger partial charge >= 0.3 is 0 Å². The summed E-state index contributed by atoms with van der Waals surface area (Å²) >= 11 is 6.13. The van der Waals surface area contributed by atoms with Gasteiger partial charge in [-0.2, -0.15) is 4.98 Å². The zero-order valence-corrected chi connectivity index (χ0v) is 19.1. The van der Waals surface area contributed by atoms with Gasteiger partial charge in [-0.3, -0.25) is 4.90 Å². The zero-order chi connectivity index (χ0) is 21.8. The van der Waals surface area contributed by atoms with Crippen molar-refractivity contribution < 1.29 is 0 Å². The fourth-order valence-electron chi connectivity index (χ4n) is 3.57. The monoisotopic (exact) mass is 436 g/mol. The number of likely N-dealkylation sites (N-methyl/N-ethyl adjacent to an activating group) is 1. The van der Waals surface area contributed by atoms with Crippen LogP contribution in [0.5, 0.6) is 0 Å². The highest BCUT2D eigenvalue weighted by Crippen LogP contribution is 2.24. The van der Waals surface area contributed by atoms with Crippen molar-refractivity contribution in [2.24, 2.45) is 0 Å². The van der Waals surface area contributed by atoms with Crippen molar-refractivity contribution in [2.75, 3.05) is 43.9 Å². The fraction of sp³-hybridized carbons (Fsp3) is 0.333. The van der Waals surface area contributed by atoms with Crippen LogP contribution < -0.4 is 10.6 Å². The summed E-state index contributed by atoms with van der Waals surface area (Å²) in [6, 6.07) is 14.4. The molecule has 1 saturated heterocycles. The summed E-state index contributed by atoms with van der Waals surface area (Å²) in [7, 11) is 2.18. The van der Waals surface area contributed by atoms with Gasteiger partial charge in [0.25, 0.3) is 0 Å². The molecule has 0 saturated carbocycles. The van der Waals surface area contributed by atoms with E-state index >= 15 is 0 Å². The minimum Gasteiger partial charge on any atom is -0.340 e. The van der Waals surface area contributed by atoms with Gasteiger partial charge in [-0.15, -0.1) is 0 Å². The molecule has 2 heterocycles. The number of rotatable bonds is 6. The van der Waals surface area contributed by atoms with Gasteiger partial charge in [0, 0.05) is 60.9 Å². The molecule has 1 aliphatic rings. The minimum absolute atomic E-state index is 0.561. The van der Waals surface area contributed by atoms with Crippen LogP contribution >= 0.6 is 11.6 Å². The molecule has 0 bridgehead atoms. The van der Waals surface area contributed by atoms with Gasteiger partial charge in [0.05, 0.1) is 0 Å². The molecule has 162 valence electrons. The molecule has 0 spiro atoms. The molecular weight excluding hydrogens is 408 g/mol. The maximum atomic E-state index is 6.13. The molecular formula is C24H29ClN6. The van der Waals surface area contributed by atoms with Crippen molar-refractivity contribution in [3.63, 3.8) is 0 Å². The Morgan fingerprint density at radius 3 is 2.32 bits per heavy atom. The molecule has 7 heteroatoms. The third-order valence-electron chi connectivity index (χ3n) is 5.60. The number of halogens is 1. The average Bonchev–Trinajstić information content (AvgIpc) is 2.76. The number of benzene rings is 2. The number of aromatic nitrogens is 2. The first-order valence-corrected chi connectivity index (χ1v) is 11.0. The number of anilines is 4. The van der Waals surface area contributed by atoms with Crippen LogP contribution in [0.1, 0.15) is 16.7 Å². The van der Waals surface area contributed by atoms with Gasteiger partial charge in [-0.05, 0) is 62.4 Å². The van der Waals surface area contributed by atoms with Crippen LogP contribution in [0.15, 0.2) is 48.7 Å². The smallest absolute Gasteiger partial charge is 0.229 e. The van der Waals surface area contributed by atoms with E-state index in [0.29, 0.717) is 5.95 Å². The Hall–Kier alpha value is -2.67. The van der Waals surface area contributed by atoms with Gasteiger partial charge in [-0.25, -0.2) is 4.98 Å². The lowest BCUT2D eigenvalue weighted by Gasteiger charge is -2.32. The van der Waals surface area contributed by atoms with E-state index in [1.807, 2.05) is 38.2 Å². The Balaban J connectivity index is 1.40. The van der Waals surface area contributed by atoms with Crippen molar-refractivity contribution in [1.29, 1.82) is 0 Å². The second-order valence-electron chi connectivity index (χ2n) is 8.22. The van der Waals surface area contributed by atoms with E-state index in [4.69, 9.17) is 11.6 Å². The highest BCUT2D eigenvalue weighted by atomic mass is 35.5. The van der Waals surface area contributed by atoms with Gasteiger partial charge in [0.2, 0.25) is 5.95 Å². The molecule has 1 fully saturated rings. The molecule has 2 N–H and O–H groups in total. The van der Waals surface area contributed by atoms with Crippen LogP contribution in [0.2, 0.25) is 5.02 Å². The molecule has 31 heavy (non-hydrogen) atoms. The Kier molecular flexibility index (Phi) is 6.70. The first-order valence-electron chi connectivity index (χ1n) is 10.6. The maximum Gasteiger partial charge on any atom is 0.229 e. The SMILES string of the molecule is Cc1cc(Nc2nc(Nc3ccc(CN4CCN(C)CC4)cc3)ncc2C)ccc1Cl. The molecule has 1 aliphatic heterocycles.